The molecule has 2 atom stereocenters. The van der Waals surface area contributed by atoms with Gasteiger partial charge in [-0.3, -0.25) is 4.57 Å². The van der Waals surface area contributed by atoms with Crippen LogP contribution >= 0.6 is 0 Å². The Morgan fingerprint density at radius 3 is 2.71 bits per heavy atom. The fourth-order valence-electron chi connectivity index (χ4n) is 4.97. The van der Waals surface area contributed by atoms with Crippen LogP contribution in [0.4, 0.5) is 4.39 Å². The average molecular weight is 429 g/mol. The van der Waals surface area contributed by atoms with Crippen LogP contribution in [0.3, 0.4) is 0 Å². The van der Waals surface area contributed by atoms with Crippen molar-refractivity contribution in [2.45, 2.75) is 76.6 Å². The molecular weight excluding hydrogens is 401 g/mol. The average Bonchev–Trinajstić information content (AvgIpc) is 3.46. The summed E-state index contributed by atoms with van der Waals surface area (Å²) in [4.78, 5) is 17.5. The molecule has 3 heterocycles. The molecule has 3 aromatic rings. The van der Waals surface area contributed by atoms with E-state index >= 15 is 0 Å². The summed E-state index contributed by atoms with van der Waals surface area (Å²) < 4.78 is 28.0. The van der Waals surface area contributed by atoms with E-state index in [9.17, 15) is 9.18 Å². The predicted molar refractivity (Wildman–Crippen MR) is 113 cm³/mol. The molecule has 0 radical (unpaired) electrons. The van der Waals surface area contributed by atoms with Crippen molar-refractivity contribution in [2.24, 2.45) is 0 Å². The second-order valence-electron chi connectivity index (χ2n) is 8.61. The number of hydrogen-bond acceptors (Lipinski definition) is 6. The summed E-state index contributed by atoms with van der Waals surface area (Å²) in [5.41, 5.74) is 0.799. The number of aryl methyl sites for hydroxylation is 1. The monoisotopic (exact) mass is 429 g/mol. The Labute approximate surface area is 179 Å². The van der Waals surface area contributed by atoms with E-state index in [2.05, 4.69) is 22.4 Å². The number of nitrogens with one attached hydrogen (secondary N) is 1. The van der Waals surface area contributed by atoms with E-state index in [-0.39, 0.29) is 23.7 Å². The number of fused-ring (bicyclic) bond motifs is 1. The van der Waals surface area contributed by atoms with E-state index in [0.717, 1.165) is 38.7 Å². The van der Waals surface area contributed by atoms with Crippen molar-refractivity contribution < 1.29 is 13.7 Å². The Kier molecular flexibility index (Phi) is 5.39. The lowest BCUT2D eigenvalue weighted by Gasteiger charge is -2.30. The van der Waals surface area contributed by atoms with Gasteiger partial charge in [-0.15, -0.1) is 0 Å². The zero-order valence-corrected chi connectivity index (χ0v) is 17.9. The van der Waals surface area contributed by atoms with Gasteiger partial charge in [0.2, 0.25) is 5.89 Å². The summed E-state index contributed by atoms with van der Waals surface area (Å²) >= 11 is 0. The lowest BCUT2D eigenvalue weighted by atomic mass is 9.85. The third-order valence-corrected chi connectivity index (χ3v) is 6.74. The first kappa shape index (κ1) is 20.4. The van der Waals surface area contributed by atoms with Crippen LogP contribution in [0.15, 0.2) is 27.5 Å². The number of rotatable bonds is 5. The zero-order chi connectivity index (χ0) is 21.5. The van der Waals surface area contributed by atoms with Gasteiger partial charge >= 0.3 is 5.69 Å². The third kappa shape index (κ3) is 3.70. The van der Waals surface area contributed by atoms with Gasteiger partial charge < -0.3 is 14.6 Å². The first-order valence-corrected chi connectivity index (χ1v) is 11.2. The van der Waals surface area contributed by atoms with Gasteiger partial charge in [0.1, 0.15) is 5.82 Å². The largest absolute Gasteiger partial charge is 0.377 e. The Balaban J connectivity index is 1.34. The molecular formula is C22H28FN5O3. The molecule has 8 nitrogen and oxygen atoms in total. The molecule has 0 spiro atoms. The number of aromatic nitrogens is 4. The minimum atomic E-state index is -0.411. The summed E-state index contributed by atoms with van der Waals surface area (Å²) in [7, 11) is 0. The van der Waals surface area contributed by atoms with Crippen LogP contribution < -0.4 is 11.0 Å². The molecule has 1 aliphatic carbocycles. The lowest BCUT2D eigenvalue weighted by Crippen LogP contribution is -2.43. The SMILES string of the molecule is CCn1c(=O)n(-c2noc(C3CCC(NC4CCOC4C)CC3)n2)c2cc(F)ccc21. The highest BCUT2D eigenvalue weighted by atomic mass is 19.1. The Bertz CT molecular complexity index is 1130. The van der Waals surface area contributed by atoms with Crippen LogP contribution in [0, 0.1) is 5.82 Å². The van der Waals surface area contributed by atoms with Gasteiger partial charge in [-0.1, -0.05) is 0 Å². The highest BCUT2D eigenvalue weighted by Gasteiger charge is 2.31. The summed E-state index contributed by atoms with van der Waals surface area (Å²) in [6.45, 7) is 5.30. The van der Waals surface area contributed by atoms with E-state index in [4.69, 9.17) is 9.26 Å². The Morgan fingerprint density at radius 2 is 2.00 bits per heavy atom. The standard InChI is InChI=1S/C22H28FN5O3/c1-3-27-18-9-6-15(23)12-19(18)28(22(27)29)21-25-20(31-26-21)14-4-7-16(8-5-14)24-17-10-11-30-13(17)2/h6,9,12-14,16-17,24H,3-5,7-8,10-11H2,1-2H3. The summed E-state index contributed by atoms with van der Waals surface area (Å²) in [5, 5.41) is 7.81. The van der Waals surface area contributed by atoms with Crippen LogP contribution in [0.5, 0.6) is 0 Å². The van der Waals surface area contributed by atoms with E-state index < -0.39 is 5.82 Å². The first-order valence-electron chi connectivity index (χ1n) is 11.2. The molecule has 31 heavy (non-hydrogen) atoms. The van der Waals surface area contributed by atoms with Gasteiger partial charge in [0.25, 0.3) is 5.95 Å². The van der Waals surface area contributed by atoms with Crippen LogP contribution in [0.1, 0.15) is 57.8 Å². The van der Waals surface area contributed by atoms with Crippen molar-refractivity contribution in [1.82, 2.24) is 24.6 Å². The molecule has 0 bridgehead atoms. The van der Waals surface area contributed by atoms with Gasteiger partial charge in [-0.2, -0.15) is 4.98 Å². The number of nitrogens with zero attached hydrogens (tertiary/aromatic N) is 4. The van der Waals surface area contributed by atoms with Crippen LogP contribution in [0.2, 0.25) is 0 Å². The maximum Gasteiger partial charge on any atom is 0.336 e. The molecule has 0 amide bonds. The van der Waals surface area contributed by atoms with Gasteiger partial charge in [-0.05, 0) is 63.2 Å². The summed E-state index contributed by atoms with van der Waals surface area (Å²) in [6.07, 6.45) is 5.29. The van der Waals surface area contributed by atoms with Crippen molar-refractivity contribution in [3.05, 3.63) is 40.4 Å². The van der Waals surface area contributed by atoms with Crippen molar-refractivity contribution >= 4 is 11.0 Å². The number of benzene rings is 1. The Hall–Kier alpha value is -2.52. The molecule has 166 valence electrons. The molecule has 1 saturated carbocycles. The number of hydrogen-bond donors (Lipinski definition) is 1. The van der Waals surface area contributed by atoms with E-state index in [1.807, 2.05) is 6.92 Å². The minimum absolute atomic E-state index is 0.167. The Morgan fingerprint density at radius 1 is 1.19 bits per heavy atom. The smallest absolute Gasteiger partial charge is 0.336 e. The molecule has 1 saturated heterocycles. The third-order valence-electron chi connectivity index (χ3n) is 6.74. The van der Waals surface area contributed by atoms with Crippen LogP contribution in [-0.4, -0.2) is 44.1 Å². The van der Waals surface area contributed by atoms with Gasteiger partial charge in [-0.25, -0.2) is 13.8 Å². The maximum absolute atomic E-state index is 13.9. The molecule has 1 aromatic carbocycles. The molecule has 2 fully saturated rings. The van der Waals surface area contributed by atoms with E-state index in [0.29, 0.717) is 35.6 Å². The highest BCUT2D eigenvalue weighted by molar-refractivity contribution is 5.77. The minimum Gasteiger partial charge on any atom is -0.377 e. The van der Waals surface area contributed by atoms with Gasteiger partial charge in [0, 0.05) is 37.2 Å². The number of imidazole rings is 1. The molecule has 2 aliphatic rings. The van der Waals surface area contributed by atoms with Gasteiger partial charge in [0.05, 0.1) is 17.1 Å². The fraction of sp³-hybridized carbons (Fsp3) is 0.591. The maximum atomic E-state index is 13.9. The lowest BCUT2D eigenvalue weighted by molar-refractivity contribution is 0.108. The topological polar surface area (TPSA) is 87.1 Å². The number of ether oxygens (including phenoxy) is 1. The second-order valence-corrected chi connectivity index (χ2v) is 8.61. The molecule has 1 aliphatic heterocycles. The normalized spacial score (nSPS) is 26.7. The molecule has 1 N–H and O–H groups in total. The fourth-order valence-corrected chi connectivity index (χ4v) is 4.97. The quantitative estimate of drug-likeness (QED) is 0.671. The van der Waals surface area contributed by atoms with Crippen LogP contribution in [-0.2, 0) is 11.3 Å². The van der Waals surface area contributed by atoms with E-state index in [1.54, 1.807) is 10.6 Å². The van der Waals surface area contributed by atoms with Crippen molar-refractivity contribution in [1.29, 1.82) is 0 Å². The molecule has 9 heteroatoms. The first-order chi connectivity index (χ1) is 15.0. The summed E-state index contributed by atoms with van der Waals surface area (Å²) in [6, 6.07) is 5.20. The van der Waals surface area contributed by atoms with E-state index in [1.165, 1.54) is 16.7 Å². The van der Waals surface area contributed by atoms with Gasteiger partial charge in [0.15, 0.2) is 0 Å². The highest BCUT2D eigenvalue weighted by Crippen LogP contribution is 2.33. The van der Waals surface area contributed by atoms with Crippen molar-refractivity contribution in [2.75, 3.05) is 6.61 Å². The second kappa shape index (κ2) is 8.20. The van der Waals surface area contributed by atoms with Crippen molar-refractivity contribution in [3.63, 3.8) is 0 Å². The predicted octanol–water partition coefficient (Wildman–Crippen LogP) is 3.13. The molecule has 5 rings (SSSR count). The van der Waals surface area contributed by atoms with Crippen molar-refractivity contribution in [3.8, 4) is 5.95 Å². The molecule has 2 aromatic heterocycles. The molecule has 2 unspecified atom stereocenters. The zero-order valence-electron chi connectivity index (χ0n) is 17.9. The number of halogens is 1. The van der Waals surface area contributed by atoms with Crippen LogP contribution in [0.25, 0.3) is 17.0 Å². The summed E-state index contributed by atoms with van der Waals surface area (Å²) in [5.74, 6) is 0.473.